The zero-order valence-electron chi connectivity index (χ0n) is 11.3. The van der Waals surface area contributed by atoms with Crippen LogP contribution in [0.25, 0.3) is 0 Å². The van der Waals surface area contributed by atoms with Gasteiger partial charge in [0.05, 0.1) is 0 Å². The number of hydrogen-bond acceptors (Lipinski definition) is 1. The summed E-state index contributed by atoms with van der Waals surface area (Å²) in [4.78, 5) is 0. The number of hydrogen-bond donors (Lipinski definition) is 0. The molecule has 1 heterocycles. The lowest BCUT2D eigenvalue weighted by Crippen LogP contribution is -2.37. The van der Waals surface area contributed by atoms with E-state index in [1.807, 2.05) is 0 Å². The van der Waals surface area contributed by atoms with Crippen molar-refractivity contribution in [3.05, 3.63) is 29.6 Å². The summed E-state index contributed by atoms with van der Waals surface area (Å²) >= 11 is 12.3. The van der Waals surface area contributed by atoms with Crippen LogP contribution in [0.1, 0.15) is 25.8 Å². The second-order valence-corrected chi connectivity index (χ2v) is 6.22. The Morgan fingerprint density at radius 1 is 1.37 bits per heavy atom. The van der Waals surface area contributed by atoms with Gasteiger partial charge in [-0.15, -0.1) is 23.2 Å². The molecule has 0 radical (unpaired) electrons. The standard InChI is InChI=1S/C15H19Cl2FO/c1-10(2)15(8-16,9-17)7-13-6-11-5-12(18)3-4-14(11)19-13/h3-5,10,13H,6-9H2,1-2H3. The fraction of sp³-hybridized carbons (Fsp3) is 0.600. The van der Waals surface area contributed by atoms with Crippen LogP contribution in [0.4, 0.5) is 4.39 Å². The van der Waals surface area contributed by atoms with Crippen molar-refractivity contribution in [3.63, 3.8) is 0 Å². The molecule has 0 spiro atoms. The van der Waals surface area contributed by atoms with E-state index in [9.17, 15) is 4.39 Å². The van der Waals surface area contributed by atoms with Gasteiger partial charge in [-0.2, -0.15) is 0 Å². The van der Waals surface area contributed by atoms with E-state index in [1.165, 1.54) is 6.07 Å². The summed E-state index contributed by atoms with van der Waals surface area (Å²) in [5.74, 6) is 1.98. The Labute approximate surface area is 124 Å². The summed E-state index contributed by atoms with van der Waals surface area (Å²) in [7, 11) is 0. The van der Waals surface area contributed by atoms with Crippen LogP contribution < -0.4 is 4.74 Å². The van der Waals surface area contributed by atoms with Gasteiger partial charge >= 0.3 is 0 Å². The smallest absolute Gasteiger partial charge is 0.123 e. The van der Waals surface area contributed by atoms with Gasteiger partial charge in [-0.1, -0.05) is 13.8 Å². The van der Waals surface area contributed by atoms with E-state index < -0.39 is 0 Å². The van der Waals surface area contributed by atoms with Crippen molar-refractivity contribution in [3.8, 4) is 5.75 Å². The molecule has 0 N–H and O–H groups in total. The Balaban J connectivity index is 2.10. The summed E-state index contributed by atoms with van der Waals surface area (Å²) in [5, 5.41) is 0. The number of alkyl halides is 2. The highest BCUT2D eigenvalue weighted by atomic mass is 35.5. The zero-order chi connectivity index (χ0) is 14.0. The molecule has 0 amide bonds. The molecule has 2 rings (SSSR count). The number of halogens is 3. The average molecular weight is 305 g/mol. The summed E-state index contributed by atoms with van der Waals surface area (Å²) < 4.78 is 19.1. The van der Waals surface area contributed by atoms with Gasteiger partial charge in [0.1, 0.15) is 17.7 Å². The first kappa shape index (κ1) is 14.9. The van der Waals surface area contributed by atoms with Gasteiger partial charge in [0.25, 0.3) is 0 Å². The number of ether oxygens (including phenoxy) is 1. The first-order valence-electron chi connectivity index (χ1n) is 6.58. The monoisotopic (exact) mass is 304 g/mol. The van der Waals surface area contributed by atoms with Crippen LogP contribution in [0.3, 0.4) is 0 Å². The lowest BCUT2D eigenvalue weighted by molar-refractivity contribution is 0.128. The van der Waals surface area contributed by atoms with Crippen LogP contribution in [0.15, 0.2) is 18.2 Å². The molecule has 0 aliphatic carbocycles. The second kappa shape index (κ2) is 5.88. The molecule has 1 atom stereocenters. The number of rotatable bonds is 5. The molecule has 106 valence electrons. The molecular weight excluding hydrogens is 286 g/mol. The van der Waals surface area contributed by atoms with E-state index in [-0.39, 0.29) is 17.3 Å². The predicted octanol–water partition coefficient (Wildman–Crippen LogP) is 4.64. The first-order valence-corrected chi connectivity index (χ1v) is 7.64. The maximum absolute atomic E-state index is 13.2. The SMILES string of the molecule is CC(C)C(CCl)(CCl)CC1Cc2cc(F)ccc2O1. The zero-order valence-corrected chi connectivity index (χ0v) is 12.8. The molecule has 0 bridgehead atoms. The minimum atomic E-state index is -0.215. The number of benzene rings is 1. The van der Waals surface area contributed by atoms with E-state index in [2.05, 4.69) is 13.8 Å². The van der Waals surface area contributed by atoms with Crippen LogP contribution in [0.5, 0.6) is 5.75 Å². The minimum absolute atomic E-state index is 0.0386. The fourth-order valence-electron chi connectivity index (χ4n) is 2.55. The van der Waals surface area contributed by atoms with E-state index in [1.54, 1.807) is 12.1 Å². The average Bonchev–Trinajstić information content (AvgIpc) is 2.77. The highest BCUT2D eigenvalue weighted by molar-refractivity contribution is 6.21. The molecule has 19 heavy (non-hydrogen) atoms. The highest BCUT2D eigenvalue weighted by Gasteiger charge is 2.37. The van der Waals surface area contributed by atoms with Crippen molar-refractivity contribution < 1.29 is 9.13 Å². The van der Waals surface area contributed by atoms with Crippen molar-refractivity contribution >= 4 is 23.2 Å². The van der Waals surface area contributed by atoms with Crippen LogP contribution in [0, 0.1) is 17.2 Å². The summed E-state index contributed by atoms with van der Waals surface area (Å²) in [6, 6.07) is 4.68. The first-order chi connectivity index (χ1) is 9.00. The highest BCUT2D eigenvalue weighted by Crippen LogP contribution is 2.40. The van der Waals surface area contributed by atoms with Crippen molar-refractivity contribution in [2.75, 3.05) is 11.8 Å². The van der Waals surface area contributed by atoms with Crippen LogP contribution >= 0.6 is 23.2 Å². The van der Waals surface area contributed by atoms with Gasteiger partial charge in [0.2, 0.25) is 0 Å². The molecule has 1 aliphatic heterocycles. The van der Waals surface area contributed by atoms with Crippen LogP contribution in [-0.2, 0) is 6.42 Å². The lowest BCUT2D eigenvalue weighted by Gasteiger charge is -2.35. The van der Waals surface area contributed by atoms with Gasteiger partial charge in [0.15, 0.2) is 0 Å². The topological polar surface area (TPSA) is 9.23 Å². The Morgan fingerprint density at radius 3 is 2.63 bits per heavy atom. The molecular formula is C15H19Cl2FO. The van der Waals surface area contributed by atoms with Gasteiger partial charge in [-0.25, -0.2) is 4.39 Å². The molecule has 0 saturated carbocycles. The van der Waals surface area contributed by atoms with E-state index >= 15 is 0 Å². The third-order valence-electron chi connectivity index (χ3n) is 4.15. The minimum Gasteiger partial charge on any atom is -0.490 e. The Kier molecular flexibility index (Phi) is 4.62. The third kappa shape index (κ3) is 3.00. The third-order valence-corrected chi connectivity index (χ3v) is 5.22. The van der Waals surface area contributed by atoms with Crippen molar-refractivity contribution in [2.45, 2.75) is 32.8 Å². The molecule has 4 heteroatoms. The second-order valence-electron chi connectivity index (χ2n) is 5.68. The van der Waals surface area contributed by atoms with Crippen molar-refractivity contribution in [2.24, 2.45) is 11.3 Å². The normalized spacial score (nSPS) is 18.5. The maximum Gasteiger partial charge on any atom is 0.123 e. The predicted molar refractivity (Wildman–Crippen MR) is 77.8 cm³/mol. The Bertz CT molecular complexity index is 444. The van der Waals surface area contributed by atoms with Crippen molar-refractivity contribution in [1.82, 2.24) is 0 Å². The fourth-order valence-corrected chi connectivity index (χ4v) is 3.67. The molecule has 1 aliphatic rings. The Hall–Kier alpha value is -0.470. The van der Waals surface area contributed by atoms with Gasteiger partial charge in [-0.05, 0) is 30.5 Å². The molecule has 0 fully saturated rings. The molecule has 0 saturated heterocycles. The van der Waals surface area contributed by atoms with E-state index in [0.717, 1.165) is 24.2 Å². The number of fused-ring (bicyclic) bond motifs is 1. The largest absolute Gasteiger partial charge is 0.490 e. The molecule has 1 aromatic carbocycles. The van der Waals surface area contributed by atoms with Gasteiger partial charge in [0, 0.05) is 29.2 Å². The van der Waals surface area contributed by atoms with E-state index in [0.29, 0.717) is 17.7 Å². The van der Waals surface area contributed by atoms with Crippen LogP contribution in [-0.4, -0.2) is 17.9 Å². The molecule has 1 aromatic rings. The Morgan fingerprint density at radius 2 is 2.05 bits per heavy atom. The summed E-state index contributed by atoms with van der Waals surface area (Å²) in [5.41, 5.74) is 0.806. The molecule has 1 unspecified atom stereocenters. The van der Waals surface area contributed by atoms with Crippen LogP contribution in [0.2, 0.25) is 0 Å². The lowest BCUT2D eigenvalue weighted by atomic mass is 9.76. The van der Waals surface area contributed by atoms with Gasteiger partial charge in [-0.3, -0.25) is 0 Å². The molecule has 1 nitrogen and oxygen atoms in total. The quantitative estimate of drug-likeness (QED) is 0.720. The summed E-state index contributed by atoms with van der Waals surface area (Å²) in [6.07, 6.45) is 1.57. The van der Waals surface area contributed by atoms with Gasteiger partial charge < -0.3 is 4.74 Å². The van der Waals surface area contributed by atoms with Crippen molar-refractivity contribution in [1.29, 1.82) is 0 Å². The molecule has 0 aromatic heterocycles. The maximum atomic E-state index is 13.2. The summed E-state index contributed by atoms with van der Waals surface area (Å²) in [6.45, 7) is 4.26. The van der Waals surface area contributed by atoms with E-state index in [4.69, 9.17) is 27.9 Å².